The Bertz CT molecular complexity index is 811. The van der Waals surface area contributed by atoms with Gasteiger partial charge in [-0.2, -0.15) is 0 Å². The number of anilines is 1. The third kappa shape index (κ3) is 2.58. The number of hydrogen-bond acceptors (Lipinski definition) is 4. The van der Waals surface area contributed by atoms with Crippen LogP contribution in [0.4, 0.5) is 5.95 Å². The zero-order valence-electron chi connectivity index (χ0n) is 15.5. The summed E-state index contributed by atoms with van der Waals surface area (Å²) in [6.07, 6.45) is 7.69. The summed E-state index contributed by atoms with van der Waals surface area (Å²) in [6, 6.07) is 3.93. The molecule has 0 radical (unpaired) electrons. The summed E-state index contributed by atoms with van der Waals surface area (Å²) >= 11 is 0. The zero-order chi connectivity index (χ0) is 17.7. The fourth-order valence-electron chi connectivity index (χ4n) is 5.29. The highest BCUT2D eigenvalue weighted by Crippen LogP contribution is 2.38. The third-order valence-electron chi connectivity index (χ3n) is 6.77. The standard InChI is InChI=1S/C20H27N5O/c1-23-18-17(6-3-9-21-18)22-20(23)24-10-7-14(8-11-24)19(26)25-12-15-4-2-5-16(15)13-25/h3,6,9,14-16H,2,4-5,7-8,10-13H2,1H3. The molecular formula is C20H27N5O. The van der Waals surface area contributed by atoms with Gasteiger partial charge in [0.1, 0.15) is 5.52 Å². The van der Waals surface area contributed by atoms with Crippen molar-refractivity contribution in [1.82, 2.24) is 19.4 Å². The van der Waals surface area contributed by atoms with Crippen LogP contribution in [0.1, 0.15) is 32.1 Å². The van der Waals surface area contributed by atoms with E-state index in [4.69, 9.17) is 4.98 Å². The van der Waals surface area contributed by atoms with Gasteiger partial charge in [0.25, 0.3) is 0 Å². The number of imidazole rings is 1. The average Bonchev–Trinajstić information content (AvgIpc) is 3.35. The number of pyridine rings is 1. The maximum absolute atomic E-state index is 13.0. The molecule has 2 atom stereocenters. The summed E-state index contributed by atoms with van der Waals surface area (Å²) in [4.78, 5) is 26.6. The molecule has 1 aliphatic carbocycles. The van der Waals surface area contributed by atoms with Crippen molar-refractivity contribution in [2.24, 2.45) is 24.8 Å². The molecule has 0 spiro atoms. The summed E-state index contributed by atoms with van der Waals surface area (Å²) in [5.41, 5.74) is 1.86. The van der Waals surface area contributed by atoms with Crippen molar-refractivity contribution < 1.29 is 4.79 Å². The monoisotopic (exact) mass is 353 g/mol. The normalized spacial score (nSPS) is 26.7. The Morgan fingerprint density at radius 1 is 1.12 bits per heavy atom. The van der Waals surface area contributed by atoms with Gasteiger partial charge in [-0.1, -0.05) is 6.42 Å². The number of amides is 1. The zero-order valence-corrected chi connectivity index (χ0v) is 15.5. The Hall–Kier alpha value is -2.11. The Labute approximate surface area is 154 Å². The molecule has 2 aromatic rings. The maximum atomic E-state index is 13.0. The van der Waals surface area contributed by atoms with E-state index in [0.717, 1.165) is 68.0 Å². The third-order valence-corrected chi connectivity index (χ3v) is 6.77. The molecule has 1 amide bonds. The van der Waals surface area contributed by atoms with Crippen molar-refractivity contribution in [3.8, 4) is 0 Å². The molecule has 2 aliphatic heterocycles. The first-order valence-electron chi connectivity index (χ1n) is 10.0. The van der Waals surface area contributed by atoms with E-state index < -0.39 is 0 Å². The van der Waals surface area contributed by atoms with Gasteiger partial charge in [0, 0.05) is 45.3 Å². The highest BCUT2D eigenvalue weighted by atomic mass is 16.2. The van der Waals surface area contributed by atoms with Crippen LogP contribution in [0.3, 0.4) is 0 Å². The number of carbonyl (C=O) groups is 1. The molecule has 26 heavy (non-hydrogen) atoms. The van der Waals surface area contributed by atoms with E-state index in [1.807, 2.05) is 25.4 Å². The van der Waals surface area contributed by atoms with Crippen LogP contribution in [-0.2, 0) is 11.8 Å². The number of aromatic nitrogens is 3. The first kappa shape index (κ1) is 16.1. The second kappa shape index (κ2) is 6.25. The lowest BCUT2D eigenvalue weighted by Gasteiger charge is -2.33. The van der Waals surface area contributed by atoms with Crippen LogP contribution in [0.25, 0.3) is 11.2 Å². The summed E-state index contributed by atoms with van der Waals surface area (Å²) in [6.45, 7) is 3.82. The molecule has 2 aromatic heterocycles. The molecule has 6 nitrogen and oxygen atoms in total. The van der Waals surface area contributed by atoms with Gasteiger partial charge >= 0.3 is 0 Å². The van der Waals surface area contributed by atoms with Gasteiger partial charge in [-0.3, -0.25) is 9.36 Å². The summed E-state index contributed by atoms with van der Waals surface area (Å²) in [7, 11) is 2.03. The molecule has 138 valence electrons. The molecule has 3 fully saturated rings. The van der Waals surface area contributed by atoms with E-state index in [-0.39, 0.29) is 5.92 Å². The lowest BCUT2D eigenvalue weighted by atomic mass is 9.95. The molecule has 5 rings (SSSR count). The fourth-order valence-corrected chi connectivity index (χ4v) is 5.29. The smallest absolute Gasteiger partial charge is 0.225 e. The molecule has 4 heterocycles. The van der Waals surface area contributed by atoms with Crippen molar-refractivity contribution in [3.63, 3.8) is 0 Å². The Balaban J connectivity index is 1.24. The van der Waals surface area contributed by atoms with Gasteiger partial charge in [0.2, 0.25) is 11.9 Å². The van der Waals surface area contributed by atoms with Gasteiger partial charge in [0.05, 0.1) is 0 Å². The molecule has 1 saturated carbocycles. The Kier molecular flexibility index (Phi) is 3.87. The van der Waals surface area contributed by atoms with Crippen LogP contribution in [0.2, 0.25) is 0 Å². The van der Waals surface area contributed by atoms with Crippen molar-refractivity contribution in [2.75, 3.05) is 31.1 Å². The lowest BCUT2D eigenvalue weighted by molar-refractivity contribution is -0.135. The maximum Gasteiger partial charge on any atom is 0.225 e. The molecule has 0 N–H and O–H groups in total. The SMILES string of the molecule is Cn1c(N2CCC(C(=O)N3CC4CCCC4C3)CC2)nc2cccnc21. The predicted molar refractivity (Wildman–Crippen MR) is 101 cm³/mol. The van der Waals surface area contributed by atoms with Crippen molar-refractivity contribution in [3.05, 3.63) is 18.3 Å². The molecule has 0 bridgehead atoms. The second-order valence-corrected chi connectivity index (χ2v) is 8.27. The number of likely N-dealkylation sites (tertiary alicyclic amines) is 1. The van der Waals surface area contributed by atoms with Crippen LogP contribution in [0.5, 0.6) is 0 Å². The number of piperidine rings is 1. The number of rotatable bonds is 2. The number of carbonyl (C=O) groups excluding carboxylic acids is 1. The van der Waals surface area contributed by atoms with Gasteiger partial charge in [-0.25, -0.2) is 9.97 Å². The molecular weight excluding hydrogens is 326 g/mol. The molecule has 6 heteroatoms. The first-order chi connectivity index (χ1) is 12.7. The predicted octanol–water partition coefficient (Wildman–Crippen LogP) is 2.44. The topological polar surface area (TPSA) is 54.3 Å². The van der Waals surface area contributed by atoms with E-state index in [0.29, 0.717) is 5.91 Å². The first-order valence-corrected chi connectivity index (χ1v) is 10.0. The van der Waals surface area contributed by atoms with E-state index in [1.165, 1.54) is 19.3 Å². The average molecular weight is 353 g/mol. The number of fused-ring (bicyclic) bond motifs is 2. The molecule has 0 aromatic carbocycles. The van der Waals surface area contributed by atoms with Crippen LogP contribution < -0.4 is 4.90 Å². The summed E-state index contributed by atoms with van der Waals surface area (Å²) < 4.78 is 2.07. The minimum atomic E-state index is 0.192. The molecule has 3 aliphatic rings. The molecule has 2 saturated heterocycles. The van der Waals surface area contributed by atoms with E-state index in [1.54, 1.807) is 0 Å². The highest BCUT2D eigenvalue weighted by molar-refractivity contribution is 5.80. The van der Waals surface area contributed by atoms with Gasteiger partial charge in [-0.15, -0.1) is 0 Å². The Morgan fingerprint density at radius 3 is 2.54 bits per heavy atom. The molecule has 2 unspecified atom stereocenters. The number of aryl methyl sites for hydroxylation is 1. The van der Waals surface area contributed by atoms with Crippen LogP contribution in [0.15, 0.2) is 18.3 Å². The fraction of sp³-hybridized carbons (Fsp3) is 0.650. The Morgan fingerprint density at radius 2 is 1.85 bits per heavy atom. The van der Waals surface area contributed by atoms with Crippen molar-refractivity contribution in [1.29, 1.82) is 0 Å². The van der Waals surface area contributed by atoms with Gasteiger partial charge < -0.3 is 9.80 Å². The quantitative estimate of drug-likeness (QED) is 0.832. The minimum absolute atomic E-state index is 0.192. The minimum Gasteiger partial charge on any atom is -0.342 e. The van der Waals surface area contributed by atoms with E-state index >= 15 is 0 Å². The van der Waals surface area contributed by atoms with Crippen LogP contribution in [-0.4, -0.2) is 51.5 Å². The van der Waals surface area contributed by atoms with E-state index in [9.17, 15) is 4.79 Å². The second-order valence-electron chi connectivity index (χ2n) is 8.27. The van der Waals surface area contributed by atoms with Crippen molar-refractivity contribution >= 4 is 23.0 Å². The summed E-state index contributed by atoms with van der Waals surface area (Å²) in [5, 5.41) is 0. The van der Waals surface area contributed by atoms with Gasteiger partial charge in [-0.05, 0) is 49.7 Å². The lowest BCUT2D eigenvalue weighted by Crippen LogP contribution is -2.42. The van der Waals surface area contributed by atoms with Crippen LogP contribution in [0, 0.1) is 17.8 Å². The largest absolute Gasteiger partial charge is 0.342 e. The highest BCUT2D eigenvalue weighted by Gasteiger charge is 2.40. The van der Waals surface area contributed by atoms with Gasteiger partial charge in [0.15, 0.2) is 5.65 Å². The van der Waals surface area contributed by atoms with Crippen molar-refractivity contribution in [2.45, 2.75) is 32.1 Å². The summed E-state index contributed by atoms with van der Waals surface area (Å²) in [5.74, 6) is 3.14. The van der Waals surface area contributed by atoms with Crippen LogP contribution >= 0.6 is 0 Å². The number of hydrogen-bond donors (Lipinski definition) is 0. The number of nitrogens with zero attached hydrogens (tertiary/aromatic N) is 5. The van der Waals surface area contributed by atoms with E-state index in [2.05, 4.69) is 19.4 Å².